The Morgan fingerprint density at radius 1 is 1.00 bits per heavy atom. The van der Waals surface area contributed by atoms with Crippen LogP contribution in [0.4, 0.5) is 0 Å². The molecule has 7 nitrogen and oxygen atoms in total. The molecule has 1 fully saturated rings. The van der Waals surface area contributed by atoms with E-state index in [0.29, 0.717) is 50.6 Å². The lowest BCUT2D eigenvalue weighted by Crippen LogP contribution is -2.48. The Morgan fingerprint density at radius 3 is 2.36 bits per heavy atom. The molecule has 1 saturated heterocycles. The van der Waals surface area contributed by atoms with Crippen LogP contribution in [-0.4, -0.2) is 61.4 Å². The van der Waals surface area contributed by atoms with Crippen LogP contribution in [0.3, 0.4) is 0 Å². The number of fused-ring (bicyclic) bond motifs is 1. The number of aromatic nitrogens is 1. The van der Waals surface area contributed by atoms with Crippen LogP contribution < -0.4 is 0 Å². The highest BCUT2D eigenvalue weighted by Crippen LogP contribution is 2.25. The van der Waals surface area contributed by atoms with Gasteiger partial charge in [-0.25, -0.2) is 13.2 Å². The number of rotatable bonds is 7. The van der Waals surface area contributed by atoms with E-state index in [1.165, 1.54) is 0 Å². The van der Waals surface area contributed by atoms with E-state index in [-0.39, 0.29) is 11.7 Å². The second-order valence-electron chi connectivity index (χ2n) is 8.21. The summed E-state index contributed by atoms with van der Waals surface area (Å²) in [5.41, 5.74) is 3.66. The zero-order valence-corrected chi connectivity index (χ0v) is 19.8. The van der Waals surface area contributed by atoms with Crippen molar-refractivity contribution in [2.75, 3.05) is 32.8 Å². The molecular weight excluding hydrogens is 438 g/mol. The summed E-state index contributed by atoms with van der Waals surface area (Å²) in [5, 5.41) is 0.932. The third kappa shape index (κ3) is 5.24. The van der Waals surface area contributed by atoms with Gasteiger partial charge in [0.1, 0.15) is 0 Å². The predicted octanol–water partition coefficient (Wildman–Crippen LogP) is 3.37. The Bertz CT molecular complexity index is 1240. The zero-order valence-electron chi connectivity index (χ0n) is 19.0. The van der Waals surface area contributed by atoms with Crippen LogP contribution in [0.2, 0.25) is 0 Å². The SMILES string of the molecule is CCOC(=O)c1c(CN2CCN(S(=O)(=O)Cc3ccccc3)CC2)nc2ccccc2c1C. The normalized spacial score (nSPS) is 15.6. The molecular formula is C25H29N3O4S. The minimum Gasteiger partial charge on any atom is -0.462 e. The summed E-state index contributed by atoms with van der Waals surface area (Å²) in [6, 6.07) is 17.0. The molecule has 0 radical (unpaired) electrons. The molecule has 0 N–H and O–H groups in total. The molecule has 4 rings (SSSR count). The second kappa shape index (κ2) is 9.99. The molecule has 0 amide bonds. The summed E-state index contributed by atoms with van der Waals surface area (Å²) in [5.74, 6) is -0.362. The van der Waals surface area contributed by atoms with Gasteiger partial charge in [-0.3, -0.25) is 9.88 Å². The highest BCUT2D eigenvalue weighted by Gasteiger charge is 2.28. The number of pyridine rings is 1. The van der Waals surface area contributed by atoms with E-state index in [0.717, 1.165) is 22.0 Å². The highest BCUT2D eigenvalue weighted by atomic mass is 32.2. The zero-order chi connectivity index (χ0) is 23.4. The van der Waals surface area contributed by atoms with Gasteiger partial charge in [-0.05, 0) is 31.0 Å². The Hall–Kier alpha value is -2.81. The van der Waals surface area contributed by atoms with Gasteiger partial charge >= 0.3 is 5.97 Å². The van der Waals surface area contributed by atoms with Crippen molar-refractivity contribution in [3.8, 4) is 0 Å². The summed E-state index contributed by atoms with van der Waals surface area (Å²) in [6.07, 6.45) is 0. The van der Waals surface area contributed by atoms with Crippen LogP contribution in [0.5, 0.6) is 0 Å². The van der Waals surface area contributed by atoms with E-state index in [9.17, 15) is 13.2 Å². The fraction of sp³-hybridized carbons (Fsp3) is 0.360. The number of sulfonamides is 1. The van der Waals surface area contributed by atoms with Gasteiger partial charge in [-0.1, -0.05) is 48.5 Å². The maximum absolute atomic E-state index is 12.9. The van der Waals surface area contributed by atoms with E-state index in [1.54, 1.807) is 11.2 Å². The first-order valence-corrected chi connectivity index (χ1v) is 12.8. The highest BCUT2D eigenvalue weighted by molar-refractivity contribution is 7.88. The van der Waals surface area contributed by atoms with Crippen molar-refractivity contribution in [1.29, 1.82) is 0 Å². The smallest absolute Gasteiger partial charge is 0.340 e. The fourth-order valence-corrected chi connectivity index (χ4v) is 5.80. The Labute approximate surface area is 195 Å². The van der Waals surface area contributed by atoms with Crippen LogP contribution >= 0.6 is 0 Å². The molecule has 0 unspecified atom stereocenters. The fourth-order valence-electron chi connectivity index (χ4n) is 4.28. The molecule has 0 aliphatic carbocycles. The molecule has 0 spiro atoms. The molecule has 1 aromatic heterocycles. The molecule has 33 heavy (non-hydrogen) atoms. The molecule has 0 atom stereocenters. The van der Waals surface area contributed by atoms with Gasteiger partial charge in [0.2, 0.25) is 10.0 Å². The van der Waals surface area contributed by atoms with Crippen molar-refractivity contribution in [3.05, 3.63) is 77.0 Å². The maximum atomic E-state index is 12.9. The molecule has 0 bridgehead atoms. The van der Waals surface area contributed by atoms with Crippen LogP contribution in [-0.2, 0) is 27.1 Å². The average molecular weight is 468 g/mol. The minimum atomic E-state index is -3.38. The van der Waals surface area contributed by atoms with Gasteiger partial charge in [-0.15, -0.1) is 0 Å². The summed E-state index contributed by atoms with van der Waals surface area (Å²) in [7, 11) is -3.38. The van der Waals surface area contributed by atoms with Crippen molar-refractivity contribution < 1.29 is 17.9 Å². The third-order valence-corrected chi connectivity index (χ3v) is 7.85. The monoisotopic (exact) mass is 467 g/mol. The van der Waals surface area contributed by atoms with Gasteiger partial charge in [0.05, 0.1) is 29.1 Å². The Kier molecular flexibility index (Phi) is 7.07. The lowest BCUT2D eigenvalue weighted by atomic mass is 10.0. The number of nitrogens with zero attached hydrogens (tertiary/aromatic N) is 3. The maximum Gasteiger partial charge on any atom is 0.340 e. The van der Waals surface area contributed by atoms with Crippen LogP contribution in [0, 0.1) is 6.92 Å². The predicted molar refractivity (Wildman–Crippen MR) is 128 cm³/mol. The molecule has 0 saturated carbocycles. The van der Waals surface area contributed by atoms with E-state index in [1.807, 2.05) is 61.5 Å². The number of para-hydroxylation sites is 1. The van der Waals surface area contributed by atoms with Gasteiger partial charge < -0.3 is 4.74 Å². The van der Waals surface area contributed by atoms with Crippen molar-refractivity contribution in [1.82, 2.24) is 14.2 Å². The molecule has 8 heteroatoms. The van der Waals surface area contributed by atoms with Gasteiger partial charge in [0.15, 0.2) is 0 Å². The Balaban J connectivity index is 1.50. The van der Waals surface area contributed by atoms with E-state index in [4.69, 9.17) is 9.72 Å². The largest absolute Gasteiger partial charge is 0.462 e. The Morgan fingerprint density at radius 2 is 1.67 bits per heavy atom. The molecule has 174 valence electrons. The van der Waals surface area contributed by atoms with E-state index < -0.39 is 10.0 Å². The van der Waals surface area contributed by atoms with Crippen molar-refractivity contribution in [2.24, 2.45) is 0 Å². The number of carbonyl (C=O) groups excluding carboxylic acids is 1. The van der Waals surface area contributed by atoms with Crippen LogP contribution in [0.25, 0.3) is 10.9 Å². The number of ether oxygens (including phenoxy) is 1. The number of aryl methyl sites for hydroxylation is 1. The van der Waals surface area contributed by atoms with Gasteiger partial charge in [-0.2, -0.15) is 4.31 Å². The molecule has 3 aromatic rings. The minimum absolute atomic E-state index is 0.00622. The number of piperazine rings is 1. The standard InChI is InChI=1S/C25H29N3O4S/c1-3-32-25(29)24-19(2)21-11-7-8-12-22(21)26-23(24)17-27-13-15-28(16-14-27)33(30,31)18-20-9-5-4-6-10-20/h4-12H,3,13-18H2,1-2H3. The van der Waals surface area contributed by atoms with Crippen LogP contribution in [0.15, 0.2) is 54.6 Å². The number of esters is 1. The molecule has 1 aliphatic rings. The van der Waals surface area contributed by atoms with Crippen molar-refractivity contribution in [2.45, 2.75) is 26.1 Å². The molecule has 2 aromatic carbocycles. The summed E-state index contributed by atoms with van der Waals surface area (Å²) in [6.45, 7) is 6.44. The first-order chi connectivity index (χ1) is 15.9. The summed E-state index contributed by atoms with van der Waals surface area (Å²) in [4.78, 5) is 19.7. The lowest BCUT2D eigenvalue weighted by Gasteiger charge is -2.34. The third-order valence-electron chi connectivity index (χ3n) is 6.00. The number of benzene rings is 2. The van der Waals surface area contributed by atoms with E-state index in [2.05, 4.69) is 4.90 Å². The average Bonchev–Trinajstić information content (AvgIpc) is 2.80. The molecule has 2 heterocycles. The summed E-state index contributed by atoms with van der Waals surface area (Å²) < 4.78 is 32.6. The van der Waals surface area contributed by atoms with Gasteiger partial charge in [0.25, 0.3) is 0 Å². The lowest BCUT2D eigenvalue weighted by molar-refractivity contribution is 0.0522. The molecule has 1 aliphatic heterocycles. The van der Waals surface area contributed by atoms with Gasteiger partial charge in [0, 0.05) is 38.1 Å². The number of hydrogen-bond donors (Lipinski definition) is 0. The first-order valence-electron chi connectivity index (χ1n) is 11.2. The first kappa shape index (κ1) is 23.4. The van der Waals surface area contributed by atoms with Crippen LogP contribution in [0.1, 0.15) is 34.1 Å². The topological polar surface area (TPSA) is 79.8 Å². The van der Waals surface area contributed by atoms with Crippen molar-refractivity contribution >= 4 is 26.9 Å². The second-order valence-corrected chi connectivity index (χ2v) is 10.2. The van der Waals surface area contributed by atoms with Crippen molar-refractivity contribution in [3.63, 3.8) is 0 Å². The number of carbonyl (C=O) groups is 1. The number of hydrogen-bond acceptors (Lipinski definition) is 6. The summed E-state index contributed by atoms with van der Waals surface area (Å²) >= 11 is 0. The quantitative estimate of drug-likeness (QED) is 0.496. The van der Waals surface area contributed by atoms with E-state index >= 15 is 0 Å².